The maximum atomic E-state index is 12.1. The second kappa shape index (κ2) is 7.95. The summed E-state index contributed by atoms with van der Waals surface area (Å²) in [6.07, 6.45) is 0. The molecule has 0 saturated carbocycles. The van der Waals surface area contributed by atoms with Gasteiger partial charge in [0.15, 0.2) is 18.1 Å². The highest BCUT2D eigenvalue weighted by Gasteiger charge is 2.10. The fraction of sp³-hybridized carbons (Fsp3) is 0.250. The van der Waals surface area contributed by atoms with E-state index in [9.17, 15) is 14.4 Å². The predicted octanol–water partition coefficient (Wildman–Crippen LogP) is -0.417. The molecule has 2 amide bonds. The first-order valence-electron chi connectivity index (χ1n) is 7.31. The minimum atomic E-state index is -0.594. The number of carbonyl (C=O) groups excluding carboxylic acids is 2. The lowest BCUT2D eigenvalue weighted by Crippen LogP contribution is -2.28. The summed E-state index contributed by atoms with van der Waals surface area (Å²) < 4.78 is 11.5. The van der Waals surface area contributed by atoms with Crippen molar-refractivity contribution in [1.82, 2.24) is 15.1 Å². The van der Waals surface area contributed by atoms with Crippen molar-refractivity contribution < 1.29 is 19.1 Å². The van der Waals surface area contributed by atoms with Gasteiger partial charge >= 0.3 is 0 Å². The normalized spacial score (nSPS) is 10.2. The highest BCUT2D eigenvalue weighted by Crippen LogP contribution is 2.27. The summed E-state index contributed by atoms with van der Waals surface area (Å²) in [5.41, 5.74) is 5.63. The number of methoxy groups -OCH3 is 1. The Hall–Kier alpha value is -3.36. The molecule has 25 heavy (non-hydrogen) atoms. The lowest BCUT2D eigenvalue weighted by Gasteiger charge is -2.11. The van der Waals surface area contributed by atoms with Gasteiger partial charge in [0.2, 0.25) is 0 Å². The Kier molecular flexibility index (Phi) is 5.72. The van der Waals surface area contributed by atoms with Gasteiger partial charge in [-0.25, -0.2) is 4.68 Å². The van der Waals surface area contributed by atoms with E-state index in [4.69, 9.17) is 15.2 Å². The molecule has 0 bridgehead atoms. The third kappa shape index (κ3) is 4.80. The summed E-state index contributed by atoms with van der Waals surface area (Å²) in [6.45, 7) is -0.0410. The third-order valence-electron chi connectivity index (χ3n) is 3.24. The molecule has 0 aliphatic rings. The molecule has 0 aliphatic carbocycles. The SMILES string of the molecule is COc1cc(CNC(=O)c2ccc(=O)n(C)n2)ccc1OCC(N)=O. The fourth-order valence-electron chi connectivity index (χ4n) is 1.99. The number of primary amides is 1. The number of benzene rings is 1. The van der Waals surface area contributed by atoms with E-state index in [1.165, 1.54) is 26.3 Å². The standard InChI is InChI=1S/C16H18N4O5/c1-20-15(22)6-4-11(19-20)16(23)18-8-10-3-5-12(13(7-10)24-2)25-9-14(17)21/h3-7H,8-9H2,1-2H3,(H2,17,21)(H,18,23). The molecule has 9 nitrogen and oxygen atoms in total. The van der Waals surface area contributed by atoms with E-state index in [1.54, 1.807) is 18.2 Å². The van der Waals surface area contributed by atoms with Crippen molar-refractivity contribution in [2.24, 2.45) is 12.8 Å². The Morgan fingerprint density at radius 2 is 2.00 bits per heavy atom. The molecule has 1 heterocycles. The van der Waals surface area contributed by atoms with Gasteiger partial charge in [0.25, 0.3) is 17.4 Å². The first-order valence-corrected chi connectivity index (χ1v) is 7.31. The van der Waals surface area contributed by atoms with Crippen LogP contribution >= 0.6 is 0 Å². The zero-order valence-corrected chi connectivity index (χ0v) is 13.8. The average Bonchev–Trinajstić information content (AvgIpc) is 2.60. The Bertz CT molecular complexity index is 847. The van der Waals surface area contributed by atoms with Crippen molar-refractivity contribution in [3.05, 3.63) is 51.9 Å². The Morgan fingerprint density at radius 1 is 1.24 bits per heavy atom. The number of aryl methyl sites for hydroxylation is 1. The second-order valence-corrected chi connectivity index (χ2v) is 5.10. The van der Waals surface area contributed by atoms with E-state index >= 15 is 0 Å². The van der Waals surface area contributed by atoms with Gasteiger partial charge in [-0.2, -0.15) is 5.10 Å². The molecule has 1 aromatic heterocycles. The van der Waals surface area contributed by atoms with E-state index in [0.717, 1.165) is 10.2 Å². The first-order chi connectivity index (χ1) is 11.9. The van der Waals surface area contributed by atoms with E-state index in [0.29, 0.717) is 11.5 Å². The molecule has 0 fully saturated rings. The van der Waals surface area contributed by atoms with E-state index in [-0.39, 0.29) is 24.4 Å². The fourth-order valence-corrected chi connectivity index (χ4v) is 1.99. The van der Waals surface area contributed by atoms with Crippen molar-refractivity contribution in [2.45, 2.75) is 6.54 Å². The average molecular weight is 346 g/mol. The van der Waals surface area contributed by atoms with Crippen LogP contribution in [-0.2, 0) is 18.4 Å². The van der Waals surface area contributed by atoms with Gasteiger partial charge in [-0.3, -0.25) is 14.4 Å². The minimum Gasteiger partial charge on any atom is -0.493 e. The largest absolute Gasteiger partial charge is 0.493 e. The van der Waals surface area contributed by atoms with Crippen LogP contribution in [-0.4, -0.2) is 35.3 Å². The van der Waals surface area contributed by atoms with Gasteiger partial charge in [-0.1, -0.05) is 6.07 Å². The number of hydrogen-bond acceptors (Lipinski definition) is 6. The smallest absolute Gasteiger partial charge is 0.271 e. The van der Waals surface area contributed by atoms with Crippen molar-refractivity contribution in [1.29, 1.82) is 0 Å². The zero-order valence-electron chi connectivity index (χ0n) is 13.8. The highest BCUT2D eigenvalue weighted by atomic mass is 16.5. The summed E-state index contributed by atoms with van der Waals surface area (Å²) in [7, 11) is 2.93. The van der Waals surface area contributed by atoms with Gasteiger partial charge in [-0.15, -0.1) is 0 Å². The molecule has 2 rings (SSSR count). The van der Waals surface area contributed by atoms with Crippen LogP contribution in [0.5, 0.6) is 11.5 Å². The zero-order chi connectivity index (χ0) is 18.4. The summed E-state index contributed by atoms with van der Waals surface area (Å²) in [4.78, 5) is 34.1. The molecule has 0 unspecified atom stereocenters. The minimum absolute atomic E-state index is 0.135. The lowest BCUT2D eigenvalue weighted by molar-refractivity contribution is -0.119. The molecule has 0 spiro atoms. The summed E-state index contributed by atoms with van der Waals surface area (Å²) in [5.74, 6) is -0.226. The Labute approximate surface area is 143 Å². The molecular formula is C16H18N4O5. The van der Waals surface area contributed by atoms with Gasteiger partial charge < -0.3 is 20.5 Å². The molecule has 0 aliphatic heterocycles. The molecular weight excluding hydrogens is 328 g/mol. The maximum absolute atomic E-state index is 12.1. The number of aromatic nitrogens is 2. The highest BCUT2D eigenvalue weighted by molar-refractivity contribution is 5.91. The predicted molar refractivity (Wildman–Crippen MR) is 88.3 cm³/mol. The van der Waals surface area contributed by atoms with Crippen LogP contribution in [0, 0.1) is 0 Å². The van der Waals surface area contributed by atoms with Gasteiger partial charge in [0, 0.05) is 19.7 Å². The summed E-state index contributed by atoms with van der Waals surface area (Å²) >= 11 is 0. The Morgan fingerprint density at radius 3 is 2.64 bits per heavy atom. The first kappa shape index (κ1) is 18.0. The molecule has 3 N–H and O–H groups in total. The van der Waals surface area contributed by atoms with Crippen LogP contribution in [0.15, 0.2) is 35.1 Å². The molecule has 2 aromatic rings. The van der Waals surface area contributed by atoms with Crippen molar-refractivity contribution in [2.75, 3.05) is 13.7 Å². The Balaban J connectivity index is 2.04. The third-order valence-corrected chi connectivity index (χ3v) is 3.24. The number of ether oxygens (including phenoxy) is 2. The van der Waals surface area contributed by atoms with E-state index < -0.39 is 11.8 Å². The quantitative estimate of drug-likeness (QED) is 0.701. The molecule has 0 radical (unpaired) electrons. The maximum Gasteiger partial charge on any atom is 0.271 e. The van der Waals surface area contributed by atoms with Gasteiger partial charge in [-0.05, 0) is 23.8 Å². The van der Waals surface area contributed by atoms with Crippen LogP contribution in [0.2, 0.25) is 0 Å². The van der Waals surface area contributed by atoms with Crippen LogP contribution in [0.25, 0.3) is 0 Å². The molecule has 1 aromatic carbocycles. The van der Waals surface area contributed by atoms with Crippen molar-refractivity contribution in [3.63, 3.8) is 0 Å². The lowest BCUT2D eigenvalue weighted by atomic mass is 10.2. The number of nitrogens with two attached hydrogens (primary N) is 1. The van der Waals surface area contributed by atoms with Crippen molar-refractivity contribution >= 4 is 11.8 Å². The van der Waals surface area contributed by atoms with Crippen LogP contribution < -0.4 is 26.1 Å². The molecule has 0 atom stereocenters. The number of rotatable bonds is 7. The molecule has 0 saturated heterocycles. The number of amides is 2. The topological polar surface area (TPSA) is 126 Å². The monoisotopic (exact) mass is 346 g/mol. The number of carbonyl (C=O) groups is 2. The van der Waals surface area contributed by atoms with Gasteiger partial charge in [0.1, 0.15) is 5.69 Å². The summed E-state index contributed by atoms with van der Waals surface area (Å²) in [6, 6.07) is 7.64. The number of nitrogens with one attached hydrogen (secondary N) is 1. The van der Waals surface area contributed by atoms with E-state index in [1.807, 2.05) is 0 Å². The number of hydrogen-bond donors (Lipinski definition) is 2. The van der Waals surface area contributed by atoms with Crippen LogP contribution in [0.3, 0.4) is 0 Å². The van der Waals surface area contributed by atoms with Crippen molar-refractivity contribution in [3.8, 4) is 11.5 Å². The van der Waals surface area contributed by atoms with Crippen LogP contribution in [0.4, 0.5) is 0 Å². The summed E-state index contributed by atoms with van der Waals surface area (Å²) in [5, 5.41) is 6.57. The van der Waals surface area contributed by atoms with Crippen LogP contribution in [0.1, 0.15) is 16.1 Å². The number of nitrogens with zero attached hydrogens (tertiary/aromatic N) is 2. The van der Waals surface area contributed by atoms with Gasteiger partial charge in [0.05, 0.1) is 7.11 Å². The molecule has 132 valence electrons. The second-order valence-electron chi connectivity index (χ2n) is 5.10. The molecule has 9 heteroatoms. The van der Waals surface area contributed by atoms with E-state index in [2.05, 4.69) is 10.4 Å².